The van der Waals surface area contributed by atoms with Crippen LogP contribution in [-0.2, 0) is 6.42 Å². The molecule has 0 spiro atoms. The van der Waals surface area contributed by atoms with Crippen LogP contribution in [-0.4, -0.2) is 21.9 Å². The van der Waals surface area contributed by atoms with E-state index in [0.29, 0.717) is 34.7 Å². The number of nitrogens with zero attached hydrogens (tertiary/aromatic N) is 2. The molecule has 3 aromatic rings. The second-order valence-corrected chi connectivity index (χ2v) is 6.65. The molecule has 1 saturated carbocycles. The fraction of sp³-hybridized carbons (Fsp3) is 0.267. The number of thiazole rings is 1. The van der Waals surface area contributed by atoms with Crippen LogP contribution in [0.3, 0.4) is 0 Å². The van der Waals surface area contributed by atoms with Gasteiger partial charge in [-0.1, -0.05) is 11.6 Å². The largest absolute Gasteiger partial charge is 0.440 e. The summed E-state index contributed by atoms with van der Waals surface area (Å²) in [6, 6.07) is 5.66. The van der Waals surface area contributed by atoms with Crippen LogP contribution < -0.4 is 5.32 Å². The second-order valence-electron chi connectivity index (χ2n) is 5.27. The molecule has 1 N–H and O–H groups in total. The van der Waals surface area contributed by atoms with Crippen molar-refractivity contribution in [1.82, 2.24) is 15.3 Å². The van der Waals surface area contributed by atoms with Gasteiger partial charge in [0.15, 0.2) is 5.58 Å². The Kier molecular flexibility index (Phi) is 3.35. The van der Waals surface area contributed by atoms with E-state index >= 15 is 0 Å². The van der Waals surface area contributed by atoms with Crippen LogP contribution in [0.25, 0.3) is 11.1 Å². The van der Waals surface area contributed by atoms with Crippen molar-refractivity contribution < 1.29 is 9.21 Å². The quantitative estimate of drug-likeness (QED) is 0.794. The number of benzene rings is 1. The van der Waals surface area contributed by atoms with Gasteiger partial charge in [0.2, 0.25) is 5.89 Å². The van der Waals surface area contributed by atoms with Crippen molar-refractivity contribution in [3.8, 4) is 0 Å². The Bertz CT molecular complexity index is 853. The molecular formula is C15H12ClN3O2S. The van der Waals surface area contributed by atoms with Gasteiger partial charge in [-0.15, -0.1) is 11.3 Å². The van der Waals surface area contributed by atoms with Gasteiger partial charge in [-0.05, 0) is 31.0 Å². The average Bonchev–Trinajstić information content (AvgIpc) is 3.03. The molecule has 0 saturated heterocycles. The Hall–Kier alpha value is -1.92. The normalized spacial score (nSPS) is 14.4. The summed E-state index contributed by atoms with van der Waals surface area (Å²) in [6.45, 7) is 0. The lowest BCUT2D eigenvalue weighted by atomic mass is 10.3. The molecule has 1 aliphatic rings. The van der Waals surface area contributed by atoms with E-state index in [2.05, 4.69) is 15.3 Å². The predicted octanol–water partition coefficient (Wildman–Crippen LogP) is 3.42. The van der Waals surface area contributed by atoms with Gasteiger partial charge in [-0.2, -0.15) is 0 Å². The smallest absolute Gasteiger partial charge is 0.270 e. The number of hydrogen-bond acceptors (Lipinski definition) is 5. The maximum Gasteiger partial charge on any atom is 0.270 e. The van der Waals surface area contributed by atoms with Crippen LogP contribution in [0, 0.1) is 0 Å². The summed E-state index contributed by atoms with van der Waals surface area (Å²) < 4.78 is 5.67. The van der Waals surface area contributed by atoms with Crippen LogP contribution >= 0.6 is 22.9 Å². The first-order valence-electron chi connectivity index (χ1n) is 6.97. The molecule has 7 heteroatoms. The number of nitrogens with one attached hydrogen (secondary N) is 1. The third-order valence-electron chi connectivity index (χ3n) is 3.39. The second kappa shape index (κ2) is 5.37. The fourth-order valence-corrected chi connectivity index (χ4v) is 3.07. The Morgan fingerprint density at radius 2 is 2.27 bits per heavy atom. The van der Waals surface area contributed by atoms with E-state index in [1.165, 1.54) is 11.3 Å². The number of carbonyl (C=O) groups excluding carboxylic acids is 1. The van der Waals surface area contributed by atoms with E-state index in [-0.39, 0.29) is 5.91 Å². The molecule has 0 atom stereocenters. The Labute approximate surface area is 135 Å². The van der Waals surface area contributed by atoms with Crippen LogP contribution in [0.15, 0.2) is 28.0 Å². The van der Waals surface area contributed by atoms with Crippen molar-refractivity contribution in [1.29, 1.82) is 0 Å². The van der Waals surface area contributed by atoms with Crippen molar-refractivity contribution in [3.63, 3.8) is 0 Å². The first-order chi connectivity index (χ1) is 10.7. The highest BCUT2D eigenvalue weighted by Gasteiger charge is 2.24. The lowest BCUT2D eigenvalue weighted by molar-refractivity contribution is 0.0946. The molecule has 2 aromatic heterocycles. The summed E-state index contributed by atoms with van der Waals surface area (Å²) in [5.41, 5.74) is 1.89. The van der Waals surface area contributed by atoms with Gasteiger partial charge in [0.25, 0.3) is 5.91 Å². The standard InChI is InChI=1S/C15H12ClN3O2S/c16-8-1-4-12-10(5-8)18-13(21-12)6-14-19-11(7-22-14)15(20)17-9-2-3-9/h1,4-5,7,9H,2-3,6H2,(H,17,20). The lowest BCUT2D eigenvalue weighted by Gasteiger charge is -1.98. The van der Waals surface area contributed by atoms with Gasteiger partial charge in [0.1, 0.15) is 16.2 Å². The maximum absolute atomic E-state index is 11.9. The molecule has 0 bridgehead atoms. The lowest BCUT2D eigenvalue weighted by Crippen LogP contribution is -2.25. The summed E-state index contributed by atoms with van der Waals surface area (Å²) in [7, 11) is 0. The first kappa shape index (κ1) is 13.7. The summed E-state index contributed by atoms with van der Waals surface area (Å²) in [5.74, 6) is 0.468. The fourth-order valence-electron chi connectivity index (χ4n) is 2.14. The van der Waals surface area contributed by atoms with E-state index in [1.54, 1.807) is 23.6 Å². The summed E-state index contributed by atoms with van der Waals surface area (Å²) >= 11 is 7.37. The van der Waals surface area contributed by atoms with Crippen molar-refractivity contribution in [2.75, 3.05) is 0 Å². The molecule has 0 radical (unpaired) electrons. The van der Waals surface area contributed by atoms with Gasteiger partial charge in [-0.3, -0.25) is 4.79 Å². The monoisotopic (exact) mass is 333 g/mol. The molecule has 112 valence electrons. The first-order valence-corrected chi connectivity index (χ1v) is 8.23. The zero-order valence-corrected chi connectivity index (χ0v) is 13.1. The van der Waals surface area contributed by atoms with Crippen molar-refractivity contribution >= 4 is 39.9 Å². The topological polar surface area (TPSA) is 68.0 Å². The minimum atomic E-state index is -0.102. The third-order valence-corrected chi connectivity index (χ3v) is 4.48. The number of aromatic nitrogens is 2. The van der Waals surface area contributed by atoms with Crippen molar-refractivity contribution in [2.24, 2.45) is 0 Å². The Morgan fingerprint density at radius 1 is 1.41 bits per heavy atom. The Morgan fingerprint density at radius 3 is 3.09 bits per heavy atom. The van der Waals surface area contributed by atoms with Gasteiger partial charge >= 0.3 is 0 Å². The molecule has 1 amide bonds. The van der Waals surface area contributed by atoms with Crippen molar-refractivity contribution in [3.05, 3.63) is 45.2 Å². The number of halogens is 1. The number of carbonyl (C=O) groups is 1. The van der Waals surface area contributed by atoms with E-state index in [0.717, 1.165) is 23.4 Å². The Balaban J connectivity index is 1.52. The minimum Gasteiger partial charge on any atom is -0.440 e. The zero-order chi connectivity index (χ0) is 15.1. The number of amides is 1. The molecule has 22 heavy (non-hydrogen) atoms. The molecule has 1 aromatic carbocycles. The highest BCUT2D eigenvalue weighted by atomic mass is 35.5. The van der Waals surface area contributed by atoms with E-state index in [1.807, 2.05) is 0 Å². The van der Waals surface area contributed by atoms with Crippen LogP contribution in [0.1, 0.15) is 34.2 Å². The van der Waals surface area contributed by atoms with E-state index in [9.17, 15) is 4.79 Å². The predicted molar refractivity (Wildman–Crippen MR) is 84.4 cm³/mol. The third kappa shape index (κ3) is 2.84. The van der Waals surface area contributed by atoms with E-state index in [4.69, 9.17) is 16.0 Å². The zero-order valence-electron chi connectivity index (χ0n) is 11.5. The van der Waals surface area contributed by atoms with E-state index < -0.39 is 0 Å². The number of oxazole rings is 1. The maximum atomic E-state index is 11.9. The summed E-state index contributed by atoms with van der Waals surface area (Å²) in [4.78, 5) is 20.7. The summed E-state index contributed by atoms with van der Waals surface area (Å²) in [5, 5.41) is 6.13. The molecule has 5 nitrogen and oxygen atoms in total. The average molecular weight is 334 g/mol. The van der Waals surface area contributed by atoms with Gasteiger partial charge < -0.3 is 9.73 Å². The molecule has 1 fully saturated rings. The number of fused-ring (bicyclic) bond motifs is 1. The molecular weight excluding hydrogens is 322 g/mol. The minimum absolute atomic E-state index is 0.102. The highest BCUT2D eigenvalue weighted by molar-refractivity contribution is 7.09. The molecule has 0 unspecified atom stereocenters. The van der Waals surface area contributed by atoms with Crippen LogP contribution in [0.2, 0.25) is 5.02 Å². The molecule has 1 aliphatic carbocycles. The molecule has 2 heterocycles. The summed E-state index contributed by atoms with van der Waals surface area (Å²) in [6.07, 6.45) is 2.59. The van der Waals surface area contributed by atoms with Crippen LogP contribution in [0.5, 0.6) is 0 Å². The van der Waals surface area contributed by atoms with Gasteiger partial charge in [0.05, 0.1) is 6.42 Å². The highest BCUT2D eigenvalue weighted by Crippen LogP contribution is 2.23. The SMILES string of the molecule is O=C(NC1CC1)c1csc(Cc2nc3cc(Cl)ccc3o2)n1. The molecule has 0 aliphatic heterocycles. The molecule has 4 rings (SSSR count). The number of rotatable bonds is 4. The van der Waals surface area contributed by atoms with Crippen molar-refractivity contribution in [2.45, 2.75) is 25.3 Å². The number of hydrogen-bond donors (Lipinski definition) is 1. The van der Waals surface area contributed by atoms with Gasteiger partial charge in [0, 0.05) is 16.4 Å². The van der Waals surface area contributed by atoms with Gasteiger partial charge in [-0.25, -0.2) is 9.97 Å². The van der Waals surface area contributed by atoms with Crippen LogP contribution in [0.4, 0.5) is 0 Å².